The number of anilines is 1. The minimum Gasteiger partial charge on any atom is -0.481 e. The Morgan fingerprint density at radius 1 is 1.23 bits per heavy atom. The van der Waals surface area contributed by atoms with E-state index in [1.165, 1.54) is 4.90 Å². The van der Waals surface area contributed by atoms with Crippen LogP contribution in [-0.2, 0) is 16.0 Å². The van der Waals surface area contributed by atoms with E-state index < -0.39 is 36.6 Å². The Morgan fingerprint density at radius 2 is 1.88 bits per heavy atom. The molecule has 0 saturated carbocycles. The molecule has 1 N–H and O–H groups in total. The predicted octanol–water partition coefficient (Wildman–Crippen LogP) is 2.58. The fourth-order valence-electron chi connectivity index (χ4n) is 3.68. The third kappa shape index (κ3) is 3.66. The SMILES string of the molecule is CC(C(=O)N1CCc2ccccc21)N1C[C@@H](C(F)(F)F)[C@H](C(=O)O)C1.Cl. The normalized spacial score (nSPS) is 24.1. The number of amides is 1. The van der Waals surface area contributed by atoms with Crippen LogP contribution in [0.5, 0.6) is 0 Å². The first-order chi connectivity index (χ1) is 11.7. The smallest absolute Gasteiger partial charge is 0.393 e. The van der Waals surface area contributed by atoms with E-state index in [9.17, 15) is 22.8 Å². The number of carboxylic acid groups (broad SMARTS) is 1. The van der Waals surface area contributed by atoms with Crippen molar-refractivity contribution >= 4 is 30.0 Å². The number of hydrogen-bond acceptors (Lipinski definition) is 3. The molecule has 1 aromatic carbocycles. The maximum absolute atomic E-state index is 13.1. The van der Waals surface area contributed by atoms with E-state index in [1.807, 2.05) is 24.3 Å². The molecule has 1 fully saturated rings. The Balaban J connectivity index is 0.00000243. The van der Waals surface area contributed by atoms with Crippen LogP contribution in [0.2, 0.25) is 0 Å². The molecule has 26 heavy (non-hydrogen) atoms. The van der Waals surface area contributed by atoms with Gasteiger partial charge in [-0.05, 0) is 25.0 Å². The fraction of sp³-hybridized carbons (Fsp3) is 0.529. The molecular formula is C17H20ClF3N2O3. The molecule has 1 unspecified atom stereocenters. The van der Waals surface area contributed by atoms with Crippen LogP contribution in [-0.4, -0.2) is 53.7 Å². The number of carboxylic acids is 1. The molecule has 0 aliphatic carbocycles. The topological polar surface area (TPSA) is 60.9 Å². The van der Waals surface area contributed by atoms with Crippen LogP contribution in [0.3, 0.4) is 0 Å². The number of alkyl halides is 3. The summed E-state index contributed by atoms with van der Waals surface area (Å²) in [5.41, 5.74) is 1.81. The first-order valence-electron chi connectivity index (χ1n) is 8.13. The van der Waals surface area contributed by atoms with E-state index >= 15 is 0 Å². The van der Waals surface area contributed by atoms with Crippen LogP contribution in [0, 0.1) is 11.8 Å². The second-order valence-corrected chi connectivity index (χ2v) is 6.59. The number of hydrogen-bond donors (Lipinski definition) is 1. The molecule has 0 aromatic heterocycles. The first-order valence-corrected chi connectivity index (χ1v) is 8.13. The van der Waals surface area contributed by atoms with E-state index in [4.69, 9.17) is 5.11 Å². The van der Waals surface area contributed by atoms with Crippen LogP contribution in [0.15, 0.2) is 24.3 Å². The van der Waals surface area contributed by atoms with Crippen molar-refractivity contribution in [2.45, 2.75) is 25.6 Å². The van der Waals surface area contributed by atoms with E-state index in [0.29, 0.717) is 13.0 Å². The molecule has 2 aliphatic rings. The van der Waals surface area contributed by atoms with Crippen molar-refractivity contribution < 1.29 is 27.9 Å². The van der Waals surface area contributed by atoms with Crippen LogP contribution in [0.1, 0.15) is 12.5 Å². The van der Waals surface area contributed by atoms with Crippen LogP contribution < -0.4 is 4.90 Å². The Hall–Kier alpha value is -1.80. The van der Waals surface area contributed by atoms with Gasteiger partial charge in [0, 0.05) is 25.3 Å². The van der Waals surface area contributed by atoms with Gasteiger partial charge < -0.3 is 10.0 Å². The van der Waals surface area contributed by atoms with Gasteiger partial charge in [0.2, 0.25) is 5.91 Å². The van der Waals surface area contributed by atoms with E-state index in [0.717, 1.165) is 11.3 Å². The van der Waals surface area contributed by atoms with Crippen molar-refractivity contribution in [1.82, 2.24) is 4.90 Å². The van der Waals surface area contributed by atoms with Crippen molar-refractivity contribution in [3.05, 3.63) is 29.8 Å². The number of benzene rings is 1. The highest BCUT2D eigenvalue weighted by Crippen LogP contribution is 2.39. The van der Waals surface area contributed by atoms with Gasteiger partial charge in [0.25, 0.3) is 0 Å². The largest absolute Gasteiger partial charge is 0.481 e. The zero-order valence-corrected chi connectivity index (χ0v) is 14.9. The average Bonchev–Trinajstić information content (AvgIpc) is 3.17. The summed E-state index contributed by atoms with van der Waals surface area (Å²) in [7, 11) is 0. The number of aliphatic carboxylic acids is 1. The number of rotatable bonds is 3. The number of nitrogens with zero attached hydrogens (tertiary/aromatic N) is 2. The van der Waals surface area contributed by atoms with Crippen molar-refractivity contribution in [3.63, 3.8) is 0 Å². The van der Waals surface area contributed by atoms with Crippen molar-refractivity contribution in [1.29, 1.82) is 0 Å². The van der Waals surface area contributed by atoms with Gasteiger partial charge in [-0.3, -0.25) is 14.5 Å². The van der Waals surface area contributed by atoms with Gasteiger partial charge in [-0.2, -0.15) is 13.2 Å². The number of carbonyl (C=O) groups excluding carboxylic acids is 1. The fourth-order valence-corrected chi connectivity index (χ4v) is 3.68. The Kier molecular flexibility index (Phi) is 5.87. The lowest BCUT2D eigenvalue weighted by molar-refractivity contribution is -0.188. The molecule has 1 saturated heterocycles. The maximum Gasteiger partial charge on any atom is 0.393 e. The molecule has 0 bridgehead atoms. The maximum atomic E-state index is 13.1. The number of carbonyl (C=O) groups is 2. The van der Waals surface area contributed by atoms with Crippen LogP contribution >= 0.6 is 12.4 Å². The molecule has 0 radical (unpaired) electrons. The molecule has 3 rings (SSSR count). The summed E-state index contributed by atoms with van der Waals surface area (Å²) < 4.78 is 39.4. The van der Waals surface area contributed by atoms with Crippen LogP contribution in [0.4, 0.5) is 18.9 Å². The molecule has 144 valence electrons. The quantitative estimate of drug-likeness (QED) is 0.859. The van der Waals surface area contributed by atoms with Gasteiger partial charge in [-0.15, -0.1) is 12.4 Å². The third-order valence-electron chi connectivity index (χ3n) is 5.14. The molecular weight excluding hydrogens is 373 g/mol. The third-order valence-corrected chi connectivity index (χ3v) is 5.14. The summed E-state index contributed by atoms with van der Waals surface area (Å²) in [4.78, 5) is 26.9. The van der Waals surface area contributed by atoms with Crippen LogP contribution in [0.25, 0.3) is 0 Å². The second-order valence-electron chi connectivity index (χ2n) is 6.59. The molecule has 3 atom stereocenters. The molecule has 9 heteroatoms. The lowest BCUT2D eigenvalue weighted by Crippen LogP contribution is -2.46. The minimum absolute atomic E-state index is 0. The highest BCUT2D eigenvalue weighted by Gasteiger charge is 2.54. The van der Waals surface area contributed by atoms with Crippen molar-refractivity contribution in [2.75, 3.05) is 24.5 Å². The summed E-state index contributed by atoms with van der Waals surface area (Å²) in [5, 5.41) is 9.10. The predicted molar refractivity (Wildman–Crippen MR) is 91.5 cm³/mol. The zero-order valence-electron chi connectivity index (χ0n) is 14.1. The Bertz CT molecular complexity index is 698. The molecule has 1 amide bonds. The highest BCUT2D eigenvalue weighted by molar-refractivity contribution is 5.98. The molecule has 2 aliphatic heterocycles. The Morgan fingerprint density at radius 3 is 2.46 bits per heavy atom. The Labute approximate surface area is 155 Å². The second kappa shape index (κ2) is 7.44. The molecule has 2 heterocycles. The van der Waals surface area contributed by atoms with Crippen molar-refractivity contribution in [3.8, 4) is 0 Å². The molecule has 5 nitrogen and oxygen atoms in total. The standard InChI is InChI=1S/C17H19F3N2O3.ClH/c1-10(15(23)22-7-6-11-4-2-3-5-14(11)22)21-8-12(16(24)25)13(9-21)17(18,19)20;/h2-5,10,12-13H,6-9H2,1H3,(H,24,25);1H/t10?,12-,13-;/m1./s1. The van der Waals surface area contributed by atoms with Gasteiger partial charge >= 0.3 is 12.1 Å². The average molecular weight is 393 g/mol. The summed E-state index contributed by atoms with van der Waals surface area (Å²) in [5.74, 6) is -5.26. The highest BCUT2D eigenvalue weighted by atomic mass is 35.5. The van der Waals surface area contributed by atoms with Gasteiger partial charge in [-0.25, -0.2) is 0 Å². The molecule has 0 spiro atoms. The van der Waals surface area contributed by atoms with Gasteiger partial charge in [0.15, 0.2) is 0 Å². The van der Waals surface area contributed by atoms with E-state index in [2.05, 4.69) is 0 Å². The number of halogens is 4. The summed E-state index contributed by atoms with van der Waals surface area (Å²) in [6, 6.07) is 6.62. The van der Waals surface area contributed by atoms with Gasteiger partial charge in [0.05, 0.1) is 17.9 Å². The van der Waals surface area contributed by atoms with Gasteiger partial charge in [-0.1, -0.05) is 18.2 Å². The van der Waals surface area contributed by atoms with Crippen molar-refractivity contribution in [2.24, 2.45) is 11.8 Å². The van der Waals surface area contributed by atoms with E-state index in [-0.39, 0.29) is 24.9 Å². The summed E-state index contributed by atoms with van der Waals surface area (Å²) in [6.07, 6.45) is -3.89. The first kappa shape index (κ1) is 20.5. The number of fused-ring (bicyclic) bond motifs is 1. The van der Waals surface area contributed by atoms with E-state index in [1.54, 1.807) is 11.8 Å². The molecule has 1 aromatic rings. The summed E-state index contributed by atoms with van der Waals surface area (Å²) in [6.45, 7) is 1.28. The summed E-state index contributed by atoms with van der Waals surface area (Å²) >= 11 is 0. The zero-order chi connectivity index (χ0) is 18.4. The lowest BCUT2D eigenvalue weighted by Gasteiger charge is -2.28. The monoisotopic (exact) mass is 392 g/mol. The number of para-hydroxylation sites is 1. The lowest BCUT2D eigenvalue weighted by atomic mass is 9.96. The number of likely N-dealkylation sites (tertiary alicyclic amines) is 1. The van der Waals surface area contributed by atoms with Gasteiger partial charge in [0.1, 0.15) is 0 Å². The minimum atomic E-state index is -4.60.